The van der Waals surface area contributed by atoms with Crippen LogP contribution >= 0.6 is 0 Å². The van der Waals surface area contributed by atoms with E-state index in [0.29, 0.717) is 24.4 Å². The van der Waals surface area contributed by atoms with Gasteiger partial charge in [0, 0.05) is 12.6 Å². The molecule has 0 heterocycles. The van der Waals surface area contributed by atoms with Gasteiger partial charge < -0.3 is 10.6 Å². The molecule has 0 unspecified atom stereocenters. The summed E-state index contributed by atoms with van der Waals surface area (Å²) in [5.41, 5.74) is 0. The van der Waals surface area contributed by atoms with Gasteiger partial charge in [-0.05, 0) is 37.5 Å². The number of hydrogen-bond donors (Lipinski definition) is 2. The lowest BCUT2D eigenvalue weighted by Crippen LogP contribution is -2.48. The maximum Gasteiger partial charge on any atom is 0.315 e. The van der Waals surface area contributed by atoms with Gasteiger partial charge in [0.25, 0.3) is 0 Å². The van der Waals surface area contributed by atoms with E-state index in [1.165, 1.54) is 51.4 Å². The molecule has 0 bridgehead atoms. The van der Waals surface area contributed by atoms with Crippen molar-refractivity contribution in [2.75, 3.05) is 6.54 Å². The second kappa shape index (κ2) is 6.81. The quantitative estimate of drug-likeness (QED) is 0.723. The molecule has 2 saturated carbocycles. The summed E-state index contributed by atoms with van der Waals surface area (Å²) < 4.78 is 0. The molecule has 0 aromatic carbocycles. The van der Waals surface area contributed by atoms with Gasteiger partial charge in [-0.3, -0.25) is 0 Å². The van der Waals surface area contributed by atoms with Crippen molar-refractivity contribution in [1.82, 2.24) is 10.6 Å². The van der Waals surface area contributed by atoms with Crippen molar-refractivity contribution in [2.24, 2.45) is 11.8 Å². The third-order valence-electron chi connectivity index (χ3n) is 4.52. The lowest BCUT2D eigenvalue weighted by atomic mass is 9.86. The SMILES string of the molecule is C=CCNC(=O)NC(C1CCCC1)C1CCCC1. The molecular weight excluding hydrogens is 224 g/mol. The molecule has 0 radical (unpaired) electrons. The summed E-state index contributed by atoms with van der Waals surface area (Å²) in [5.74, 6) is 1.42. The first kappa shape index (κ1) is 13.4. The highest BCUT2D eigenvalue weighted by molar-refractivity contribution is 5.74. The van der Waals surface area contributed by atoms with E-state index >= 15 is 0 Å². The molecule has 0 aromatic rings. The van der Waals surface area contributed by atoms with Gasteiger partial charge in [0.15, 0.2) is 0 Å². The van der Waals surface area contributed by atoms with Crippen LogP contribution < -0.4 is 10.6 Å². The van der Waals surface area contributed by atoms with Crippen LogP contribution in [0, 0.1) is 11.8 Å². The Bertz CT molecular complexity index is 262. The van der Waals surface area contributed by atoms with E-state index in [2.05, 4.69) is 17.2 Å². The van der Waals surface area contributed by atoms with Crippen molar-refractivity contribution >= 4 is 6.03 Å². The van der Waals surface area contributed by atoms with Crippen molar-refractivity contribution in [3.05, 3.63) is 12.7 Å². The van der Waals surface area contributed by atoms with Crippen molar-refractivity contribution in [1.29, 1.82) is 0 Å². The Morgan fingerprint density at radius 3 is 2.06 bits per heavy atom. The minimum Gasteiger partial charge on any atom is -0.335 e. The summed E-state index contributed by atoms with van der Waals surface area (Å²) >= 11 is 0. The van der Waals surface area contributed by atoms with Gasteiger partial charge in [0.1, 0.15) is 0 Å². The van der Waals surface area contributed by atoms with Gasteiger partial charge in [-0.1, -0.05) is 31.8 Å². The number of nitrogens with one attached hydrogen (secondary N) is 2. The van der Waals surface area contributed by atoms with Crippen molar-refractivity contribution < 1.29 is 4.79 Å². The number of rotatable bonds is 5. The summed E-state index contributed by atoms with van der Waals surface area (Å²) in [7, 11) is 0. The molecule has 0 aromatic heterocycles. The molecule has 102 valence electrons. The molecule has 0 saturated heterocycles. The van der Waals surface area contributed by atoms with E-state index in [0.717, 1.165) is 0 Å². The fourth-order valence-corrected chi connectivity index (χ4v) is 3.62. The lowest BCUT2D eigenvalue weighted by Gasteiger charge is -2.30. The molecule has 3 nitrogen and oxygen atoms in total. The van der Waals surface area contributed by atoms with Crippen LogP contribution in [0.25, 0.3) is 0 Å². The molecule has 2 fully saturated rings. The van der Waals surface area contributed by atoms with Crippen LogP contribution in [0.1, 0.15) is 51.4 Å². The summed E-state index contributed by atoms with van der Waals surface area (Å²) in [5, 5.41) is 6.08. The van der Waals surface area contributed by atoms with Gasteiger partial charge >= 0.3 is 6.03 Å². The number of hydrogen-bond acceptors (Lipinski definition) is 1. The monoisotopic (exact) mass is 250 g/mol. The fraction of sp³-hybridized carbons (Fsp3) is 0.800. The first-order valence-corrected chi connectivity index (χ1v) is 7.46. The minimum absolute atomic E-state index is 0.0151. The number of carbonyl (C=O) groups excluding carboxylic acids is 1. The van der Waals surface area contributed by atoms with E-state index in [1.54, 1.807) is 6.08 Å². The van der Waals surface area contributed by atoms with Gasteiger partial charge in [0.2, 0.25) is 0 Å². The van der Waals surface area contributed by atoms with E-state index in [1.807, 2.05) is 0 Å². The third-order valence-corrected chi connectivity index (χ3v) is 4.52. The minimum atomic E-state index is -0.0151. The normalized spacial score (nSPS) is 21.4. The largest absolute Gasteiger partial charge is 0.335 e. The molecular formula is C15H26N2O. The molecule has 18 heavy (non-hydrogen) atoms. The van der Waals surface area contributed by atoms with Gasteiger partial charge in [-0.15, -0.1) is 6.58 Å². The summed E-state index contributed by atoms with van der Waals surface area (Å²) in [6, 6.07) is 0.388. The van der Waals surface area contributed by atoms with Crippen LogP contribution in [0.15, 0.2) is 12.7 Å². The molecule has 2 aliphatic carbocycles. The Balaban J connectivity index is 1.90. The highest BCUT2D eigenvalue weighted by Gasteiger charge is 2.33. The second-order valence-corrected chi connectivity index (χ2v) is 5.76. The fourth-order valence-electron chi connectivity index (χ4n) is 3.62. The smallest absolute Gasteiger partial charge is 0.315 e. The molecule has 0 atom stereocenters. The van der Waals surface area contributed by atoms with Crippen LogP contribution in [0.5, 0.6) is 0 Å². The van der Waals surface area contributed by atoms with Gasteiger partial charge in [0.05, 0.1) is 0 Å². The third kappa shape index (κ3) is 3.50. The van der Waals surface area contributed by atoms with E-state index in [4.69, 9.17) is 0 Å². The zero-order chi connectivity index (χ0) is 12.8. The molecule has 2 rings (SSSR count). The Morgan fingerprint density at radius 1 is 1.11 bits per heavy atom. The van der Waals surface area contributed by atoms with Crippen molar-refractivity contribution in [2.45, 2.75) is 57.4 Å². The van der Waals surface area contributed by atoms with Crippen molar-refractivity contribution in [3.63, 3.8) is 0 Å². The Kier molecular flexibility index (Phi) is 5.09. The molecule has 3 heteroatoms. The first-order chi connectivity index (χ1) is 8.81. The average molecular weight is 250 g/mol. The predicted octanol–water partition coefficient (Wildman–Crippen LogP) is 3.22. The molecule has 0 aliphatic heterocycles. The van der Waals surface area contributed by atoms with Crippen LogP contribution in [-0.4, -0.2) is 18.6 Å². The Morgan fingerprint density at radius 2 is 1.61 bits per heavy atom. The topological polar surface area (TPSA) is 41.1 Å². The number of urea groups is 1. The Labute approximate surface area is 110 Å². The van der Waals surface area contributed by atoms with Crippen LogP contribution in [-0.2, 0) is 0 Å². The average Bonchev–Trinajstić information content (AvgIpc) is 3.05. The predicted molar refractivity (Wildman–Crippen MR) is 74.4 cm³/mol. The molecule has 2 aliphatic rings. The summed E-state index contributed by atoms with van der Waals surface area (Å²) in [6.45, 7) is 4.17. The number of amides is 2. The Hall–Kier alpha value is -0.990. The van der Waals surface area contributed by atoms with Crippen LogP contribution in [0.2, 0.25) is 0 Å². The van der Waals surface area contributed by atoms with E-state index < -0.39 is 0 Å². The van der Waals surface area contributed by atoms with Gasteiger partial charge in [-0.2, -0.15) is 0 Å². The summed E-state index contributed by atoms with van der Waals surface area (Å²) in [4.78, 5) is 11.9. The van der Waals surface area contributed by atoms with Gasteiger partial charge in [-0.25, -0.2) is 4.79 Å². The first-order valence-electron chi connectivity index (χ1n) is 7.46. The zero-order valence-electron chi connectivity index (χ0n) is 11.3. The molecule has 2 amide bonds. The van der Waals surface area contributed by atoms with E-state index in [9.17, 15) is 4.79 Å². The van der Waals surface area contributed by atoms with Crippen LogP contribution in [0.4, 0.5) is 4.79 Å². The summed E-state index contributed by atoms with van der Waals surface area (Å²) in [6.07, 6.45) is 12.2. The molecule has 0 spiro atoms. The van der Waals surface area contributed by atoms with Crippen molar-refractivity contribution in [3.8, 4) is 0 Å². The van der Waals surface area contributed by atoms with Crippen LogP contribution in [0.3, 0.4) is 0 Å². The zero-order valence-corrected chi connectivity index (χ0v) is 11.3. The highest BCUT2D eigenvalue weighted by Crippen LogP contribution is 2.37. The number of carbonyl (C=O) groups is 1. The second-order valence-electron chi connectivity index (χ2n) is 5.76. The standard InChI is InChI=1S/C15H26N2O/c1-2-11-16-15(18)17-14(12-7-3-4-8-12)13-9-5-6-10-13/h2,12-14H,1,3-11H2,(H2,16,17,18). The lowest BCUT2D eigenvalue weighted by molar-refractivity contribution is 0.216. The van der Waals surface area contributed by atoms with E-state index in [-0.39, 0.29) is 6.03 Å². The molecule has 2 N–H and O–H groups in total. The highest BCUT2D eigenvalue weighted by atomic mass is 16.2. The maximum absolute atomic E-state index is 11.9. The maximum atomic E-state index is 11.9.